The highest BCUT2D eigenvalue weighted by Crippen LogP contribution is 2.44. The number of allylic oxidation sites excluding steroid dienone is 3. The van der Waals surface area contributed by atoms with Crippen LogP contribution in [0.3, 0.4) is 0 Å². The summed E-state index contributed by atoms with van der Waals surface area (Å²) in [5.74, 6) is -0.156. The van der Waals surface area contributed by atoms with Crippen LogP contribution in [-0.2, 0) is 0 Å². The van der Waals surface area contributed by atoms with Gasteiger partial charge in [0.1, 0.15) is 5.82 Å². The Morgan fingerprint density at radius 2 is 1.76 bits per heavy atom. The van der Waals surface area contributed by atoms with Crippen LogP contribution in [0.2, 0.25) is 0 Å². The molecule has 0 spiro atoms. The molecule has 0 heterocycles. The lowest BCUT2D eigenvalue weighted by Crippen LogP contribution is -1.86. The van der Waals surface area contributed by atoms with E-state index in [4.69, 9.17) is 0 Å². The van der Waals surface area contributed by atoms with Crippen molar-refractivity contribution in [1.82, 2.24) is 0 Å². The predicted octanol–water partition coefficient (Wildman–Crippen LogP) is 5.95. The number of rotatable bonds is 3. The summed E-state index contributed by atoms with van der Waals surface area (Å²) in [6.07, 6.45) is 4.27. The highest BCUT2D eigenvalue weighted by Gasteiger charge is 2.23. The van der Waals surface area contributed by atoms with Gasteiger partial charge in [0.25, 0.3) is 0 Å². The van der Waals surface area contributed by atoms with E-state index in [1.807, 2.05) is 24.3 Å². The van der Waals surface area contributed by atoms with Crippen molar-refractivity contribution in [3.8, 4) is 0 Å². The molecule has 0 N–H and O–H groups in total. The van der Waals surface area contributed by atoms with Crippen molar-refractivity contribution in [2.45, 2.75) is 26.7 Å². The molecule has 0 atom stereocenters. The van der Waals surface area contributed by atoms with E-state index in [9.17, 15) is 4.39 Å². The van der Waals surface area contributed by atoms with E-state index in [1.54, 1.807) is 12.1 Å². The summed E-state index contributed by atoms with van der Waals surface area (Å²) >= 11 is 0. The van der Waals surface area contributed by atoms with Gasteiger partial charge in [0.2, 0.25) is 0 Å². The zero-order valence-corrected chi connectivity index (χ0v) is 12.5. The van der Waals surface area contributed by atoms with E-state index in [0.29, 0.717) is 0 Å². The monoisotopic (exact) mass is 278 g/mol. The van der Waals surface area contributed by atoms with Gasteiger partial charge in [-0.1, -0.05) is 49.7 Å². The number of halogens is 1. The second-order valence-corrected chi connectivity index (χ2v) is 5.51. The molecule has 0 radical (unpaired) electrons. The minimum atomic E-state index is -0.156. The molecule has 2 aromatic carbocycles. The van der Waals surface area contributed by atoms with Crippen molar-refractivity contribution in [2.75, 3.05) is 0 Å². The van der Waals surface area contributed by atoms with Crippen LogP contribution >= 0.6 is 0 Å². The van der Waals surface area contributed by atoms with Crippen molar-refractivity contribution >= 4 is 17.2 Å². The van der Waals surface area contributed by atoms with E-state index >= 15 is 0 Å². The second-order valence-electron chi connectivity index (χ2n) is 5.51. The van der Waals surface area contributed by atoms with Crippen LogP contribution in [0.5, 0.6) is 0 Å². The summed E-state index contributed by atoms with van der Waals surface area (Å²) in [6.45, 7) is 4.32. The Bertz CT molecular complexity index is 721. The van der Waals surface area contributed by atoms with Crippen LogP contribution in [0.1, 0.15) is 43.4 Å². The van der Waals surface area contributed by atoms with Crippen LogP contribution in [0.25, 0.3) is 17.2 Å². The van der Waals surface area contributed by atoms with Crippen molar-refractivity contribution in [3.05, 3.63) is 76.6 Å². The van der Waals surface area contributed by atoms with Gasteiger partial charge in [-0.15, -0.1) is 0 Å². The molecule has 0 saturated heterocycles. The number of benzene rings is 2. The lowest BCUT2D eigenvalue weighted by molar-refractivity contribution is 0.627. The summed E-state index contributed by atoms with van der Waals surface area (Å²) in [6, 6.07) is 15.4. The molecule has 1 heteroatoms. The van der Waals surface area contributed by atoms with Gasteiger partial charge in [-0.05, 0) is 65.0 Å². The molecule has 0 aliphatic heterocycles. The third-order valence-corrected chi connectivity index (χ3v) is 4.06. The maximum Gasteiger partial charge on any atom is 0.123 e. The zero-order chi connectivity index (χ0) is 14.8. The quantitative estimate of drug-likeness (QED) is 0.650. The van der Waals surface area contributed by atoms with Crippen molar-refractivity contribution in [1.29, 1.82) is 0 Å². The Balaban J connectivity index is 2.16. The maximum atomic E-state index is 13.6. The molecule has 106 valence electrons. The SMILES string of the molecule is CCCC1=C(C)/C(=C/c2ccccc2)c2ccc(F)cc21. The van der Waals surface area contributed by atoms with Crippen LogP contribution in [0, 0.1) is 5.82 Å². The molecular weight excluding hydrogens is 259 g/mol. The van der Waals surface area contributed by atoms with Gasteiger partial charge in [0.05, 0.1) is 0 Å². The Kier molecular flexibility index (Phi) is 3.74. The zero-order valence-electron chi connectivity index (χ0n) is 12.5. The van der Waals surface area contributed by atoms with Crippen molar-refractivity contribution < 1.29 is 4.39 Å². The normalized spacial score (nSPS) is 15.7. The van der Waals surface area contributed by atoms with E-state index in [2.05, 4.69) is 32.1 Å². The number of hydrogen-bond donors (Lipinski definition) is 0. The highest BCUT2D eigenvalue weighted by molar-refractivity contribution is 6.05. The highest BCUT2D eigenvalue weighted by atomic mass is 19.1. The molecular formula is C20H19F. The molecule has 0 bridgehead atoms. The van der Waals surface area contributed by atoms with Gasteiger partial charge < -0.3 is 0 Å². The smallest absolute Gasteiger partial charge is 0.123 e. The first kappa shape index (κ1) is 13.8. The molecule has 21 heavy (non-hydrogen) atoms. The first-order chi connectivity index (χ1) is 10.2. The minimum absolute atomic E-state index is 0.156. The molecule has 0 nitrogen and oxygen atoms in total. The van der Waals surface area contributed by atoms with Gasteiger partial charge >= 0.3 is 0 Å². The first-order valence-electron chi connectivity index (χ1n) is 7.48. The lowest BCUT2D eigenvalue weighted by atomic mass is 10.0. The molecule has 0 amide bonds. The largest absolute Gasteiger partial charge is 0.207 e. The van der Waals surface area contributed by atoms with Gasteiger partial charge in [-0.3, -0.25) is 0 Å². The van der Waals surface area contributed by atoms with Crippen LogP contribution in [0.4, 0.5) is 4.39 Å². The first-order valence-corrected chi connectivity index (χ1v) is 7.48. The van der Waals surface area contributed by atoms with Gasteiger partial charge in [0, 0.05) is 0 Å². The van der Waals surface area contributed by atoms with Crippen LogP contribution in [-0.4, -0.2) is 0 Å². The van der Waals surface area contributed by atoms with Gasteiger partial charge in [-0.25, -0.2) is 4.39 Å². The topological polar surface area (TPSA) is 0 Å². The average molecular weight is 278 g/mol. The standard InChI is InChI=1S/C20H19F/c1-3-7-17-14(2)19(12-15-8-5-4-6-9-15)18-11-10-16(21)13-20(17)18/h4-6,8-13H,3,7H2,1-2H3/b19-12-. The van der Waals surface area contributed by atoms with Crippen molar-refractivity contribution in [3.63, 3.8) is 0 Å². The molecule has 2 aromatic rings. The third-order valence-electron chi connectivity index (χ3n) is 4.06. The second kappa shape index (κ2) is 5.69. The van der Waals surface area contributed by atoms with E-state index < -0.39 is 0 Å². The summed E-state index contributed by atoms with van der Waals surface area (Å²) in [4.78, 5) is 0. The van der Waals surface area contributed by atoms with E-state index in [0.717, 1.165) is 24.0 Å². The van der Waals surface area contributed by atoms with Crippen LogP contribution < -0.4 is 0 Å². The molecule has 1 aliphatic rings. The fraction of sp³-hybridized carbons (Fsp3) is 0.200. The fourth-order valence-corrected chi connectivity index (χ4v) is 3.04. The Hall–Kier alpha value is -2.15. The third kappa shape index (κ3) is 2.56. The summed E-state index contributed by atoms with van der Waals surface area (Å²) < 4.78 is 13.6. The lowest BCUT2D eigenvalue weighted by Gasteiger charge is -2.04. The molecule has 0 fully saturated rings. The summed E-state index contributed by atoms with van der Waals surface area (Å²) in [5.41, 5.74) is 7.19. The fourth-order valence-electron chi connectivity index (χ4n) is 3.04. The van der Waals surface area contributed by atoms with Gasteiger partial charge in [-0.2, -0.15) is 0 Å². The summed E-state index contributed by atoms with van der Waals surface area (Å²) in [5, 5.41) is 0. The Labute approximate surface area is 125 Å². The molecule has 0 saturated carbocycles. The molecule has 3 rings (SSSR count). The molecule has 0 unspecified atom stereocenters. The molecule has 1 aliphatic carbocycles. The average Bonchev–Trinajstić information content (AvgIpc) is 2.74. The van der Waals surface area contributed by atoms with Gasteiger partial charge in [0.15, 0.2) is 0 Å². The van der Waals surface area contributed by atoms with Crippen molar-refractivity contribution in [2.24, 2.45) is 0 Å². The summed E-state index contributed by atoms with van der Waals surface area (Å²) in [7, 11) is 0. The Morgan fingerprint density at radius 1 is 1.00 bits per heavy atom. The van der Waals surface area contributed by atoms with Crippen LogP contribution in [0.15, 0.2) is 54.1 Å². The van der Waals surface area contributed by atoms with E-state index in [-0.39, 0.29) is 5.82 Å². The predicted molar refractivity (Wildman–Crippen MR) is 88.2 cm³/mol. The maximum absolute atomic E-state index is 13.6. The number of hydrogen-bond acceptors (Lipinski definition) is 0. The molecule has 0 aromatic heterocycles. The minimum Gasteiger partial charge on any atom is -0.207 e. The van der Waals surface area contributed by atoms with E-state index in [1.165, 1.54) is 22.3 Å². The Morgan fingerprint density at radius 3 is 2.48 bits per heavy atom. The number of fused-ring (bicyclic) bond motifs is 1.